The van der Waals surface area contributed by atoms with Crippen molar-refractivity contribution in [3.8, 4) is 0 Å². The van der Waals surface area contributed by atoms with Crippen LogP contribution in [0.1, 0.15) is 13.8 Å². The number of nitrogens with zero attached hydrogens (tertiary/aromatic N) is 1. The highest BCUT2D eigenvalue weighted by Crippen LogP contribution is 2.02. The third-order valence-corrected chi connectivity index (χ3v) is 2.07. The molecule has 1 amide bonds. The number of carboxylic acids is 1. The van der Waals surface area contributed by atoms with E-state index in [1.54, 1.807) is 0 Å². The molecule has 0 radical (unpaired) electrons. The number of rotatable bonds is 5. The van der Waals surface area contributed by atoms with Gasteiger partial charge in [-0.05, 0) is 27.9 Å². The molecule has 5 nitrogen and oxygen atoms in total. The van der Waals surface area contributed by atoms with E-state index >= 15 is 0 Å². The Morgan fingerprint density at radius 2 is 1.73 bits per heavy atom. The first-order valence-corrected chi connectivity index (χ1v) is 4.70. The summed E-state index contributed by atoms with van der Waals surface area (Å²) in [6, 6.07) is 0. The first kappa shape index (κ1) is 13.6. The van der Waals surface area contributed by atoms with Gasteiger partial charge in [-0.3, -0.25) is 4.79 Å². The molecule has 0 heterocycles. The zero-order chi connectivity index (χ0) is 12.0. The number of carbonyl (C=O) groups excluding carboxylic acids is 1. The summed E-state index contributed by atoms with van der Waals surface area (Å²) < 4.78 is 0. The van der Waals surface area contributed by atoms with Crippen molar-refractivity contribution in [2.45, 2.75) is 13.8 Å². The zero-order valence-electron chi connectivity index (χ0n) is 9.63. The first-order valence-electron chi connectivity index (χ1n) is 4.70. The Hall–Kier alpha value is -1.36. The van der Waals surface area contributed by atoms with E-state index in [1.165, 1.54) is 13.8 Å². The van der Waals surface area contributed by atoms with Crippen LogP contribution >= 0.6 is 0 Å². The molecule has 0 fully saturated rings. The Bertz CT molecular complexity index is 282. The normalized spacial score (nSPS) is 12.3. The summed E-state index contributed by atoms with van der Waals surface area (Å²) in [7, 11) is 3.80. The Balaban J connectivity index is 4.22. The van der Waals surface area contributed by atoms with Crippen LogP contribution in [0.15, 0.2) is 11.1 Å². The van der Waals surface area contributed by atoms with Crippen molar-refractivity contribution in [1.29, 1.82) is 0 Å². The van der Waals surface area contributed by atoms with Gasteiger partial charge in [0.15, 0.2) is 0 Å². The van der Waals surface area contributed by atoms with E-state index in [-0.39, 0.29) is 17.1 Å². The first-order chi connectivity index (χ1) is 6.86. The summed E-state index contributed by atoms with van der Waals surface area (Å²) in [5.74, 6) is -1.38. The monoisotopic (exact) mass is 214 g/mol. The number of aliphatic carboxylic acids is 1. The number of carbonyl (C=O) groups is 2. The van der Waals surface area contributed by atoms with Crippen molar-refractivity contribution < 1.29 is 14.7 Å². The molecule has 0 aliphatic carbocycles. The quantitative estimate of drug-likeness (QED) is 0.636. The average Bonchev–Trinajstić information content (AvgIpc) is 2.14. The number of amides is 1. The third kappa shape index (κ3) is 5.17. The summed E-state index contributed by atoms with van der Waals surface area (Å²) in [6.45, 7) is 4.17. The molecule has 0 saturated carbocycles. The number of likely N-dealkylation sites (N-methyl/N-ethyl adjacent to an activating group) is 1. The van der Waals surface area contributed by atoms with Crippen LogP contribution in [0.2, 0.25) is 0 Å². The molecule has 0 aliphatic heterocycles. The van der Waals surface area contributed by atoms with E-state index in [9.17, 15) is 9.59 Å². The maximum Gasteiger partial charge on any atom is 0.331 e. The number of nitrogens with one attached hydrogen (secondary N) is 1. The smallest absolute Gasteiger partial charge is 0.331 e. The largest absolute Gasteiger partial charge is 0.478 e. The van der Waals surface area contributed by atoms with Gasteiger partial charge in [-0.15, -0.1) is 0 Å². The molecule has 5 heteroatoms. The number of hydrogen-bond donors (Lipinski definition) is 2. The van der Waals surface area contributed by atoms with Crippen LogP contribution in [0.3, 0.4) is 0 Å². The Morgan fingerprint density at radius 3 is 2.13 bits per heavy atom. The molecule has 0 aromatic rings. The van der Waals surface area contributed by atoms with Crippen molar-refractivity contribution in [2.75, 3.05) is 27.2 Å². The highest BCUT2D eigenvalue weighted by Gasteiger charge is 2.11. The molecule has 0 spiro atoms. The van der Waals surface area contributed by atoms with Crippen LogP contribution in [0.5, 0.6) is 0 Å². The molecule has 0 aromatic carbocycles. The summed E-state index contributed by atoms with van der Waals surface area (Å²) in [5, 5.41) is 11.3. The average molecular weight is 214 g/mol. The fourth-order valence-corrected chi connectivity index (χ4v) is 0.856. The standard InChI is InChI=1S/C10H18N2O3/c1-7(8(2)10(14)15)9(13)11-5-6-12(3)4/h5-6H2,1-4H3,(H,11,13)(H,14,15). The maximum absolute atomic E-state index is 11.4. The molecule has 0 unspecified atom stereocenters. The van der Waals surface area contributed by atoms with Crippen LogP contribution in [0, 0.1) is 0 Å². The van der Waals surface area contributed by atoms with Crippen LogP contribution in [0.4, 0.5) is 0 Å². The summed E-state index contributed by atoms with van der Waals surface area (Å²) in [4.78, 5) is 23.9. The fourth-order valence-electron chi connectivity index (χ4n) is 0.856. The Kier molecular flexibility index (Phi) is 5.62. The molecule has 15 heavy (non-hydrogen) atoms. The lowest BCUT2D eigenvalue weighted by atomic mass is 10.1. The van der Waals surface area contributed by atoms with Gasteiger partial charge in [0.2, 0.25) is 5.91 Å². The van der Waals surface area contributed by atoms with Gasteiger partial charge in [-0.2, -0.15) is 0 Å². The van der Waals surface area contributed by atoms with Crippen molar-refractivity contribution in [3.05, 3.63) is 11.1 Å². The van der Waals surface area contributed by atoms with E-state index < -0.39 is 5.97 Å². The van der Waals surface area contributed by atoms with Crippen LogP contribution in [-0.4, -0.2) is 49.1 Å². The molecular weight excluding hydrogens is 196 g/mol. The van der Waals surface area contributed by atoms with Gasteiger partial charge in [0.1, 0.15) is 0 Å². The second kappa shape index (κ2) is 6.19. The van der Waals surface area contributed by atoms with E-state index in [4.69, 9.17) is 5.11 Å². The second-order valence-electron chi connectivity index (χ2n) is 3.61. The van der Waals surface area contributed by atoms with E-state index in [1.807, 2.05) is 19.0 Å². The summed E-state index contributed by atoms with van der Waals surface area (Å²) in [5.41, 5.74) is 0.332. The molecule has 2 N–H and O–H groups in total. The third-order valence-electron chi connectivity index (χ3n) is 2.07. The van der Waals surface area contributed by atoms with Gasteiger partial charge in [-0.1, -0.05) is 0 Å². The molecule has 0 aliphatic rings. The lowest BCUT2D eigenvalue weighted by Crippen LogP contribution is -2.32. The van der Waals surface area contributed by atoms with Gasteiger partial charge in [-0.25, -0.2) is 4.79 Å². The van der Waals surface area contributed by atoms with Gasteiger partial charge < -0.3 is 15.3 Å². The highest BCUT2D eigenvalue weighted by atomic mass is 16.4. The maximum atomic E-state index is 11.4. The second-order valence-corrected chi connectivity index (χ2v) is 3.61. The van der Waals surface area contributed by atoms with Crippen molar-refractivity contribution in [3.63, 3.8) is 0 Å². The Morgan fingerprint density at radius 1 is 1.20 bits per heavy atom. The molecule has 0 saturated heterocycles. The predicted molar refractivity (Wildman–Crippen MR) is 57.6 cm³/mol. The van der Waals surface area contributed by atoms with Gasteiger partial charge >= 0.3 is 5.97 Å². The van der Waals surface area contributed by atoms with Gasteiger partial charge in [0.25, 0.3) is 0 Å². The zero-order valence-corrected chi connectivity index (χ0v) is 9.63. The minimum absolute atomic E-state index is 0.0809. The lowest BCUT2D eigenvalue weighted by Gasteiger charge is -2.11. The SMILES string of the molecule is CC(C(=O)O)=C(C)C(=O)NCCN(C)C. The minimum Gasteiger partial charge on any atom is -0.478 e. The minimum atomic E-state index is -1.06. The van der Waals surface area contributed by atoms with Gasteiger partial charge in [0.05, 0.1) is 0 Å². The van der Waals surface area contributed by atoms with Crippen molar-refractivity contribution in [1.82, 2.24) is 10.2 Å². The highest BCUT2D eigenvalue weighted by molar-refractivity contribution is 6.01. The lowest BCUT2D eigenvalue weighted by molar-refractivity contribution is -0.133. The van der Waals surface area contributed by atoms with Crippen LogP contribution in [0.25, 0.3) is 0 Å². The predicted octanol–water partition coefficient (Wildman–Crippen LogP) is 0.0852. The van der Waals surface area contributed by atoms with E-state index in [2.05, 4.69) is 5.32 Å². The molecule has 0 rings (SSSR count). The molecule has 0 aromatic heterocycles. The Labute approximate surface area is 89.8 Å². The summed E-state index contributed by atoms with van der Waals surface area (Å²) >= 11 is 0. The van der Waals surface area contributed by atoms with Gasteiger partial charge in [0, 0.05) is 24.2 Å². The number of carboxylic acid groups (broad SMARTS) is 1. The van der Waals surface area contributed by atoms with Crippen LogP contribution in [-0.2, 0) is 9.59 Å². The summed E-state index contributed by atoms with van der Waals surface area (Å²) in [6.07, 6.45) is 0. The van der Waals surface area contributed by atoms with E-state index in [0.717, 1.165) is 6.54 Å². The molecular formula is C10H18N2O3. The fraction of sp³-hybridized carbons (Fsp3) is 0.600. The molecule has 86 valence electrons. The number of hydrogen-bond acceptors (Lipinski definition) is 3. The van der Waals surface area contributed by atoms with Crippen molar-refractivity contribution in [2.24, 2.45) is 0 Å². The van der Waals surface area contributed by atoms with Crippen molar-refractivity contribution >= 4 is 11.9 Å². The van der Waals surface area contributed by atoms with E-state index in [0.29, 0.717) is 6.54 Å². The molecule has 0 bridgehead atoms. The molecule has 0 atom stereocenters. The van der Waals surface area contributed by atoms with Crippen LogP contribution < -0.4 is 5.32 Å². The topological polar surface area (TPSA) is 69.6 Å².